The van der Waals surface area contributed by atoms with Gasteiger partial charge in [0.2, 0.25) is 0 Å². The van der Waals surface area contributed by atoms with E-state index in [2.05, 4.69) is 20.3 Å². The van der Waals surface area contributed by atoms with Gasteiger partial charge in [0.05, 0.1) is 0 Å². The maximum absolute atomic E-state index is 11.9. The van der Waals surface area contributed by atoms with E-state index in [-0.39, 0.29) is 17.4 Å². The molecule has 0 radical (unpaired) electrons. The SMILES string of the molecule is CN(C)c1ccc(CNC(=O)c2nccnc2N)cn1. The van der Waals surface area contributed by atoms with Crippen LogP contribution in [0.1, 0.15) is 16.1 Å². The molecule has 0 bridgehead atoms. The third kappa shape index (κ3) is 3.19. The predicted octanol–water partition coefficient (Wildman–Crippen LogP) is 0.450. The van der Waals surface area contributed by atoms with Crippen LogP contribution in [0.5, 0.6) is 0 Å². The average Bonchev–Trinajstić information content (AvgIpc) is 2.45. The van der Waals surface area contributed by atoms with Gasteiger partial charge in [-0.25, -0.2) is 15.0 Å². The first-order chi connectivity index (χ1) is 9.58. The molecule has 2 heterocycles. The molecule has 0 aliphatic carbocycles. The van der Waals surface area contributed by atoms with Gasteiger partial charge < -0.3 is 16.0 Å². The summed E-state index contributed by atoms with van der Waals surface area (Å²) in [6, 6.07) is 3.79. The zero-order valence-electron chi connectivity index (χ0n) is 11.4. The molecule has 0 aromatic carbocycles. The lowest BCUT2D eigenvalue weighted by atomic mass is 10.2. The van der Waals surface area contributed by atoms with Gasteiger partial charge >= 0.3 is 0 Å². The molecule has 0 fully saturated rings. The monoisotopic (exact) mass is 272 g/mol. The lowest BCUT2D eigenvalue weighted by molar-refractivity contribution is 0.0946. The number of anilines is 2. The van der Waals surface area contributed by atoms with Gasteiger partial charge in [0.25, 0.3) is 5.91 Å². The molecule has 2 aromatic rings. The topological polar surface area (TPSA) is 97.0 Å². The fourth-order valence-electron chi connectivity index (χ4n) is 1.58. The number of amides is 1. The third-order valence-electron chi connectivity index (χ3n) is 2.66. The summed E-state index contributed by atoms with van der Waals surface area (Å²) in [5, 5.41) is 2.73. The molecule has 0 atom stereocenters. The minimum atomic E-state index is -0.354. The molecule has 0 aliphatic heterocycles. The normalized spacial score (nSPS) is 10.1. The van der Waals surface area contributed by atoms with Crippen LogP contribution in [0.4, 0.5) is 11.6 Å². The van der Waals surface area contributed by atoms with Crippen molar-refractivity contribution in [1.29, 1.82) is 0 Å². The zero-order chi connectivity index (χ0) is 14.5. The highest BCUT2D eigenvalue weighted by Gasteiger charge is 2.11. The van der Waals surface area contributed by atoms with Crippen molar-refractivity contribution in [2.24, 2.45) is 0 Å². The van der Waals surface area contributed by atoms with Gasteiger partial charge in [0.1, 0.15) is 5.82 Å². The number of hydrogen-bond acceptors (Lipinski definition) is 6. The summed E-state index contributed by atoms with van der Waals surface area (Å²) in [4.78, 5) is 25.8. The Morgan fingerprint density at radius 3 is 2.60 bits per heavy atom. The van der Waals surface area contributed by atoms with Crippen LogP contribution >= 0.6 is 0 Å². The fraction of sp³-hybridized carbons (Fsp3) is 0.231. The molecule has 0 aliphatic rings. The Bertz CT molecular complexity index is 596. The number of nitrogen functional groups attached to an aromatic ring is 1. The molecule has 20 heavy (non-hydrogen) atoms. The van der Waals surface area contributed by atoms with Crippen molar-refractivity contribution in [3.05, 3.63) is 42.0 Å². The van der Waals surface area contributed by atoms with Crippen LogP contribution in [-0.4, -0.2) is 35.0 Å². The summed E-state index contributed by atoms with van der Waals surface area (Å²) in [6.07, 6.45) is 4.59. The van der Waals surface area contributed by atoms with Crippen molar-refractivity contribution in [1.82, 2.24) is 20.3 Å². The minimum absolute atomic E-state index is 0.117. The van der Waals surface area contributed by atoms with Crippen LogP contribution < -0.4 is 16.0 Å². The van der Waals surface area contributed by atoms with E-state index in [4.69, 9.17) is 5.73 Å². The first-order valence-corrected chi connectivity index (χ1v) is 6.05. The van der Waals surface area contributed by atoms with Crippen molar-refractivity contribution in [2.45, 2.75) is 6.54 Å². The summed E-state index contributed by atoms with van der Waals surface area (Å²) in [7, 11) is 3.83. The van der Waals surface area contributed by atoms with E-state index in [9.17, 15) is 4.79 Å². The molecule has 0 spiro atoms. The molecule has 0 saturated heterocycles. The van der Waals surface area contributed by atoms with Gasteiger partial charge in [-0.05, 0) is 11.6 Å². The number of pyridine rings is 1. The van der Waals surface area contributed by atoms with Crippen LogP contribution in [0.15, 0.2) is 30.7 Å². The quantitative estimate of drug-likeness (QED) is 0.838. The van der Waals surface area contributed by atoms with Gasteiger partial charge in [-0.3, -0.25) is 4.79 Å². The maximum Gasteiger partial charge on any atom is 0.273 e. The summed E-state index contributed by atoms with van der Waals surface area (Å²) < 4.78 is 0. The minimum Gasteiger partial charge on any atom is -0.382 e. The second-order valence-electron chi connectivity index (χ2n) is 4.39. The Hall–Kier alpha value is -2.70. The van der Waals surface area contributed by atoms with E-state index in [1.54, 1.807) is 6.20 Å². The maximum atomic E-state index is 11.9. The number of nitrogens with one attached hydrogen (secondary N) is 1. The van der Waals surface area contributed by atoms with E-state index in [1.807, 2.05) is 31.1 Å². The molecule has 104 valence electrons. The summed E-state index contributed by atoms with van der Waals surface area (Å²) >= 11 is 0. The summed E-state index contributed by atoms with van der Waals surface area (Å²) in [5.41, 5.74) is 6.62. The highest BCUT2D eigenvalue weighted by molar-refractivity contribution is 5.96. The third-order valence-corrected chi connectivity index (χ3v) is 2.66. The van der Waals surface area contributed by atoms with Gasteiger partial charge in [0.15, 0.2) is 11.5 Å². The Morgan fingerprint density at radius 2 is 2.00 bits per heavy atom. The van der Waals surface area contributed by atoms with E-state index in [0.29, 0.717) is 6.54 Å². The molecule has 1 amide bonds. The number of hydrogen-bond donors (Lipinski definition) is 2. The summed E-state index contributed by atoms with van der Waals surface area (Å²) in [5.74, 6) is 0.622. The van der Waals surface area contributed by atoms with Gasteiger partial charge in [-0.2, -0.15) is 0 Å². The van der Waals surface area contributed by atoms with Crippen molar-refractivity contribution in [3.63, 3.8) is 0 Å². The molecule has 3 N–H and O–H groups in total. The van der Waals surface area contributed by atoms with E-state index in [1.165, 1.54) is 12.4 Å². The molecule has 2 rings (SSSR count). The van der Waals surface area contributed by atoms with E-state index in [0.717, 1.165) is 11.4 Å². The van der Waals surface area contributed by atoms with Crippen LogP contribution in [0.2, 0.25) is 0 Å². The number of rotatable bonds is 4. The number of nitrogens with two attached hydrogens (primary N) is 1. The Labute approximate surface area is 116 Å². The molecular weight excluding hydrogens is 256 g/mol. The van der Waals surface area contributed by atoms with Crippen LogP contribution in [0, 0.1) is 0 Å². The number of nitrogens with zero attached hydrogens (tertiary/aromatic N) is 4. The zero-order valence-corrected chi connectivity index (χ0v) is 11.4. The van der Waals surface area contributed by atoms with Crippen LogP contribution in [-0.2, 0) is 6.54 Å². The van der Waals surface area contributed by atoms with Crippen molar-refractivity contribution < 1.29 is 4.79 Å². The first-order valence-electron chi connectivity index (χ1n) is 6.05. The Morgan fingerprint density at radius 1 is 1.25 bits per heavy atom. The van der Waals surface area contributed by atoms with Gasteiger partial charge in [-0.15, -0.1) is 0 Å². The van der Waals surface area contributed by atoms with E-state index >= 15 is 0 Å². The lowest BCUT2D eigenvalue weighted by Crippen LogP contribution is -2.25. The lowest BCUT2D eigenvalue weighted by Gasteiger charge is -2.11. The fourth-order valence-corrected chi connectivity index (χ4v) is 1.58. The number of carbonyl (C=O) groups excluding carboxylic acids is 1. The highest BCUT2D eigenvalue weighted by Crippen LogP contribution is 2.08. The average molecular weight is 272 g/mol. The predicted molar refractivity (Wildman–Crippen MR) is 76.2 cm³/mol. The molecule has 7 nitrogen and oxygen atoms in total. The molecule has 0 saturated carbocycles. The summed E-state index contributed by atoms with van der Waals surface area (Å²) in [6.45, 7) is 0.357. The Kier molecular flexibility index (Phi) is 4.09. The van der Waals surface area contributed by atoms with Gasteiger partial charge in [0, 0.05) is 39.2 Å². The second kappa shape index (κ2) is 5.96. The first kappa shape index (κ1) is 13.7. The van der Waals surface area contributed by atoms with Gasteiger partial charge in [-0.1, -0.05) is 6.07 Å². The van der Waals surface area contributed by atoms with Crippen LogP contribution in [0.25, 0.3) is 0 Å². The Balaban J connectivity index is 1.98. The second-order valence-corrected chi connectivity index (χ2v) is 4.39. The van der Waals surface area contributed by atoms with Crippen molar-refractivity contribution in [2.75, 3.05) is 24.7 Å². The highest BCUT2D eigenvalue weighted by atomic mass is 16.1. The van der Waals surface area contributed by atoms with Crippen LogP contribution in [0.3, 0.4) is 0 Å². The molecule has 0 unspecified atom stereocenters. The molecule has 2 aromatic heterocycles. The largest absolute Gasteiger partial charge is 0.382 e. The number of carbonyl (C=O) groups is 1. The van der Waals surface area contributed by atoms with Crippen molar-refractivity contribution in [3.8, 4) is 0 Å². The molecule has 7 heteroatoms. The van der Waals surface area contributed by atoms with Crippen molar-refractivity contribution >= 4 is 17.5 Å². The smallest absolute Gasteiger partial charge is 0.273 e. The standard InChI is InChI=1S/C13H16N6O/c1-19(2)10-4-3-9(7-17-10)8-18-13(20)11-12(14)16-6-5-15-11/h3-7H,8H2,1-2H3,(H2,14,16)(H,18,20). The van der Waals surface area contributed by atoms with E-state index < -0.39 is 0 Å². The number of aromatic nitrogens is 3. The molecular formula is C13H16N6O.